The van der Waals surface area contributed by atoms with Gasteiger partial charge in [-0.2, -0.15) is 0 Å². The van der Waals surface area contributed by atoms with Crippen LogP contribution in [0.2, 0.25) is 0 Å². The van der Waals surface area contributed by atoms with Crippen molar-refractivity contribution in [1.82, 2.24) is 5.32 Å². The Morgan fingerprint density at radius 3 is 2.29 bits per heavy atom. The molecule has 98 valence electrons. The zero-order chi connectivity index (χ0) is 12.8. The Kier molecular flexibility index (Phi) is 5.62. The van der Waals surface area contributed by atoms with Crippen molar-refractivity contribution in [1.29, 1.82) is 0 Å². The molecule has 0 aromatic heterocycles. The molecule has 0 heterocycles. The SMILES string of the molecule is CC(C)C(=O)C1CCC(NC(=O)CCO)CC1. The smallest absolute Gasteiger partial charge is 0.222 e. The Balaban J connectivity index is 2.31. The van der Waals surface area contributed by atoms with Crippen molar-refractivity contribution in [2.45, 2.75) is 52.0 Å². The molecule has 0 radical (unpaired) electrons. The summed E-state index contributed by atoms with van der Waals surface area (Å²) >= 11 is 0. The van der Waals surface area contributed by atoms with Crippen LogP contribution in [0.5, 0.6) is 0 Å². The molecule has 4 nitrogen and oxygen atoms in total. The van der Waals surface area contributed by atoms with Gasteiger partial charge in [0, 0.05) is 24.3 Å². The Morgan fingerprint density at radius 1 is 1.24 bits per heavy atom. The highest BCUT2D eigenvalue weighted by molar-refractivity contribution is 5.83. The molecule has 0 bridgehead atoms. The lowest BCUT2D eigenvalue weighted by Crippen LogP contribution is -2.39. The predicted octanol–water partition coefficient (Wildman–Crippen LogP) is 1.27. The lowest BCUT2D eigenvalue weighted by Gasteiger charge is -2.29. The maximum atomic E-state index is 11.8. The fourth-order valence-corrected chi connectivity index (χ4v) is 2.40. The molecule has 1 amide bonds. The van der Waals surface area contributed by atoms with E-state index < -0.39 is 0 Å². The predicted molar refractivity (Wildman–Crippen MR) is 65.4 cm³/mol. The highest BCUT2D eigenvalue weighted by Crippen LogP contribution is 2.27. The molecule has 0 saturated heterocycles. The molecular weight excluding hydrogens is 218 g/mol. The van der Waals surface area contributed by atoms with Crippen LogP contribution >= 0.6 is 0 Å². The molecule has 0 aliphatic heterocycles. The molecule has 1 saturated carbocycles. The Labute approximate surface area is 103 Å². The van der Waals surface area contributed by atoms with Gasteiger partial charge in [0.2, 0.25) is 5.91 Å². The summed E-state index contributed by atoms with van der Waals surface area (Å²) in [6.45, 7) is 3.78. The molecule has 0 unspecified atom stereocenters. The molecular formula is C13H23NO3. The highest BCUT2D eigenvalue weighted by atomic mass is 16.3. The topological polar surface area (TPSA) is 66.4 Å². The fourth-order valence-electron chi connectivity index (χ4n) is 2.40. The van der Waals surface area contributed by atoms with Crippen LogP contribution < -0.4 is 5.32 Å². The van der Waals surface area contributed by atoms with Gasteiger partial charge in [-0.25, -0.2) is 0 Å². The number of carbonyl (C=O) groups is 2. The maximum absolute atomic E-state index is 11.8. The summed E-state index contributed by atoms with van der Waals surface area (Å²) in [6, 6.07) is 0.185. The maximum Gasteiger partial charge on any atom is 0.222 e. The van der Waals surface area contributed by atoms with Crippen LogP contribution in [0.4, 0.5) is 0 Å². The number of rotatable bonds is 5. The van der Waals surface area contributed by atoms with Crippen molar-refractivity contribution in [2.24, 2.45) is 11.8 Å². The van der Waals surface area contributed by atoms with E-state index in [4.69, 9.17) is 5.11 Å². The van der Waals surface area contributed by atoms with E-state index in [1.807, 2.05) is 13.8 Å². The molecule has 0 atom stereocenters. The lowest BCUT2D eigenvalue weighted by molar-refractivity contribution is -0.127. The third-order valence-corrected chi connectivity index (χ3v) is 3.40. The van der Waals surface area contributed by atoms with Crippen LogP contribution in [0.25, 0.3) is 0 Å². The van der Waals surface area contributed by atoms with Crippen molar-refractivity contribution in [2.75, 3.05) is 6.61 Å². The van der Waals surface area contributed by atoms with Gasteiger partial charge in [-0.05, 0) is 25.7 Å². The van der Waals surface area contributed by atoms with E-state index in [-0.39, 0.29) is 36.8 Å². The van der Waals surface area contributed by atoms with E-state index in [0.29, 0.717) is 5.78 Å². The van der Waals surface area contributed by atoms with Gasteiger partial charge < -0.3 is 10.4 Å². The summed E-state index contributed by atoms with van der Waals surface area (Å²) in [5.41, 5.74) is 0. The van der Waals surface area contributed by atoms with Gasteiger partial charge in [-0.3, -0.25) is 9.59 Å². The molecule has 0 aromatic carbocycles. The normalized spacial score (nSPS) is 24.7. The lowest BCUT2D eigenvalue weighted by atomic mass is 9.80. The largest absolute Gasteiger partial charge is 0.396 e. The summed E-state index contributed by atoms with van der Waals surface area (Å²) < 4.78 is 0. The summed E-state index contributed by atoms with van der Waals surface area (Å²) in [6.07, 6.45) is 3.67. The first-order chi connectivity index (χ1) is 8.04. The van der Waals surface area contributed by atoms with Gasteiger partial charge in [0.05, 0.1) is 6.61 Å². The van der Waals surface area contributed by atoms with Crippen LogP contribution in [0.1, 0.15) is 46.0 Å². The number of nitrogens with one attached hydrogen (secondary N) is 1. The number of ketones is 1. The number of Topliss-reactive ketones (excluding diaryl/α,β-unsaturated/α-hetero) is 1. The Bertz CT molecular complexity index is 268. The van der Waals surface area contributed by atoms with Crippen molar-refractivity contribution < 1.29 is 14.7 Å². The standard InChI is InChI=1S/C13H23NO3/c1-9(2)13(17)10-3-5-11(6-4-10)14-12(16)7-8-15/h9-11,15H,3-8H2,1-2H3,(H,14,16). The number of carbonyl (C=O) groups excluding carboxylic acids is 2. The first kappa shape index (κ1) is 14.2. The van der Waals surface area contributed by atoms with Crippen molar-refractivity contribution in [3.05, 3.63) is 0 Å². The van der Waals surface area contributed by atoms with Crippen LogP contribution in [0.3, 0.4) is 0 Å². The molecule has 1 fully saturated rings. The molecule has 1 aliphatic carbocycles. The molecule has 17 heavy (non-hydrogen) atoms. The van der Waals surface area contributed by atoms with E-state index in [2.05, 4.69) is 5.32 Å². The minimum absolute atomic E-state index is 0.0915. The molecule has 1 aliphatic rings. The monoisotopic (exact) mass is 241 g/mol. The van der Waals surface area contributed by atoms with Gasteiger partial charge in [0.1, 0.15) is 5.78 Å². The molecule has 1 rings (SSSR count). The number of aliphatic hydroxyl groups is 1. The first-order valence-corrected chi connectivity index (χ1v) is 6.48. The summed E-state index contributed by atoms with van der Waals surface area (Å²) in [5, 5.41) is 11.5. The average molecular weight is 241 g/mol. The van der Waals surface area contributed by atoms with E-state index in [9.17, 15) is 9.59 Å². The minimum Gasteiger partial charge on any atom is -0.396 e. The zero-order valence-corrected chi connectivity index (χ0v) is 10.7. The van der Waals surface area contributed by atoms with E-state index in [0.717, 1.165) is 25.7 Å². The van der Waals surface area contributed by atoms with Crippen LogP contribution in [-0.2, 0) is 9.59 Å². The number of amides is 1. The summed E-state index contributed by atoms with van der Waals surface area (Å²) in [7, 11) is 0. The third kappa shape index (κ3) is 4.46. The summed E-state index contributed by atoms with van der Waals surface area (Å²) in [4.78, 5) is 23.1. The van der Waals surface area contributed by atoms with Gasteiger partial charge in [-0.1, -0.05) is 13.8 Å². The van der Waals surface area contributed by atoms with E-state index in [1.54, 1.807) is 0 Å². The molecule has 0 aromatic rings. The number of aliphatic hydroxyl groups excluding tert-OH is 1. The molecule has 4 heteroatoms. The van der Waals surface area contributed by atoms with Crippen LogP contribution in [0, 0.1) is 11.8 Å². The second-order valence-corrected chi connectivity index (χ2v) is 5.15. The number of hydrogen-bond donors (Lipinski definition) is 2. The average Bonchev–Trinajstić information content (AvgIpc) is 2.29. The van der Waals surface area contributed by atoms with Crippen molar-refractivity contribution in [3.8, 4) is 0 Å². The second-order valence-electron chi connectivity index (χ2n) is 5.15. The van der Waals surface area contributed by atoms with Crippen LogP contribution in [0.15, 0.2) is 0 Å². The van der Waals surface area contributed by atoms with Crippen molar-refractivity contribution in [3.63, 3.8) is 0 Å². The fraction of sp³-hybridized carbons (Fsp3) is 0.846. The van der Waals surface area contributed by atoms with E-state index in [1.165, 1.54) is 0 Å². The van der Waals surface area contributed by atoms with Gasteiger partial charge in [0.25, 0.3) is 0 Å². The second kappa shape index (κ2) is 6.74. The quantitative estimate of drug-likeness (QED) is 0.761. The zero-order valence-electron chi connectivity index (χ0n) is 10.7. The van der Waals surface area contributed by atoms with Crippen molar-refractivity contribution >= 4 is 11.7 Å². The minimum atomic E-state index is -0.104. The van der Waals surface area contributed by atoms with Gasteiger partial charge >= 0.3 is 0 Å². The Hall–Kier alpha value is -0.900. The van der Waals surface area contributed by atoms with E-state index >= 15 is 0 Å². The van der Waals surface area contributed by atoms with Crippen LogP contribution in [-0.4, -0.2) is 29.4 Å². The van der Waals surface area contributed by atoms with Gasteiger partial charge in [-0.15, -0.1) is 0 Å². The number of hydrogen-bond acceptors (Lipinski definition) is 3. The highest BCUT2D eigenvalue weighted by Gasteiger charge is 2.27. The Morgan fingerprint density at radius 2 is 1.82 bits per heavy atom. The third-order valence-electron chi connectivity index (χ3n) is 3.40. The first-order valence-electron chi connectivity index (χ1n) is 6.48. The molecule has 2 N–H and O–H groups in total. The summed E-state index contributed by atoms with van der Waals surface area (Å²) in [5.74, 6) is 0.554. The molecule has 0 spiro atoms. The van der Waals surface area contributed by atoms with Gasteiger partial charge in [0.15, 0.2) is 0 Å².